The summed E-state index contributed by atoms with van der Waals surface area (Å²) in [6, 6.07) is 7.11. The number of amides is 2. The van der Waals surface area contributed by atoms with Crippen LogP contribution in [0.1, 0.15) is 36.5 Å². The smallest absolute Gasteiger partial charge is 0.248 e. The minimum absolute atomic E-state index is 0.0217. The summed E-state index contributed by atoms with van der Waals surface area (Å²) in [5.41, 5.74) is 5.60. The van der Waals surface area contributed by atoms with E-state index in [4.69, 9.17) is 10.5 Å². The molecule has 2 atom stereocenters. The summed E-state index contributed by atoms with van der Waals surface area (Å²) in [7, 11) is 0. The van der Waals surface area contributed by atoms with Crippen LogP contribution >= 0.6 is 0 Å². The first-order valence-corrected chi connectivity index (χ1v) is 7.61. The number of benzene rings is 1. The molecule has 1 fully saturated rings. The average molecular weight is 305 g/mol. The lowest BCUT2D eigenvalue weighted by molar-refractivity contribution is -0.122. The molecule has 0 aliphatic carbocycles. The SMILES string of the molecule is CC1NCCCC1NC(=O)CCOc1cccc(C(N)=O)c1. The number of piperidine rings is 1. The summed E-state index contributed by atoms with van der Waals surface area (Å²) in [5, 5.41) is 6.38. The number of primary amides is 1. The molecule has 1 aliphatic rings. The number of nitrogens with one attached hydrogen (secondary N) is 2. The molecule has 6 heteroatoms. The molecule has 1 aromatic rings. The number of hydrogen-bond acceptors (Lipinski definition) is 4. The number of carbonyl (C=O) groups excluding carboxylic acids is 2. The summed E-state index contributed by atoms with van der Waals surface area (Å²) in [6.07, 6.45) is 2.36. The Hall–Kier alpha value is -2.08. The number of nitrogens with two attached hydrogens (primary N) is 1. The molecule has 0 aromatic heterocycles. The van der Waals surface area contributed by atoms with Gasteiger partial charge in [-0.05, 0) is 44.5 Å². The predicted molar refractivity (Wildman–Crippen MR) is 83.7 cm³/mol. The lowest BCUT2D eigenvalue weighted by Gasteiger charge is -2.30. The van der Waals surface area contributed by atoms with Crippen LogP contribution in [-0.2, 0) is 4.79 Å². The van der Waals surface area contributed by atoms with Gasteiger partial charge in [0.2, 0.25) is 11.8 Å². The average Bonchev–Trinajstić information content (AvgIpc) is 2.50. The fourth-order valence-corrected chi connectivity index (χ4v) is 2.52. The van der Waals surface area contributed by atoms with Crippen LogP contribution in [0.3, 0.4) is 0 Å². The molecule has 1 aliphatic heterocycles. The fraction of sp³-hybridized carbons (Fsp3) is 0.500. The van der Waals surface area contributed by atoms with Crippen molar-refractivity contribution in [2.24, 2.45) is 5.73 Å². The lowest BCUT2D eigenvalue weighted by Crippen LogP contribution is -2.52. The van der Waals surface area contributed by atoms with Gasteiger partial charge in [-0.15, -0.1) is 0 Å². The minimum atomic E-state index is -0.498. The minimum Gasteiger partial charge on any atom is -0.493 e. The van der Waals surface area contributed by atoms with Crippen molar-refractivity contribution in [1.82, 2.24) is 10.6 Å². The van der Waals surface area contributed by atoms with E-state index in [0.717, 1.165) is 19.4 Å². The van der Waals surface area contributed by atoms with Gasteiger partial charge in [-0.3, -0.25) is 9.59 Å². The topological polar surface area (TPSA) is 93.4 Å². The van der Waals surface area contributed by atoms with E-state index in [9.17, 15) is 9.59 Å². The fourth-order valence-electron chi connectivity index (χ4n) is 2.52. The molecule has 4 N–H and O–H groups in total. The molecule has 0 spiro atoms. The first-order chi connectivity index (χ1) is 10.6. The normalized spacial score (nSPS) is 21.1. The zero-order chi connectivity index (χ0) is 15.9. The first kappa shape index (κ1) is 16.3. The molecule has 2 rings (SSSR count). The first-order valence-electron chi connectivity index (χ1n) is 7.61. The van der Waals surface area contributed by atoms with Crippen molar-refractivity contribution < 1.29 is 14.3 Å². The van der Waals surface area contributed by atoms with Crippen LogP contribution in [0.15, 0.2) is 24.3 Å². The standard InChI is InChI=1S/C16H23N3O3/c1-11-14(6-3-8-18-11)19-15(20)7-9-22-13-5-2-4-12(10-13)16(17)21/h2,4-5,10-11,14,18H,3,6-9H2,1H3,(H2,17,21)(H,19,20). The van der Waals surface area contributed by atoms with Crippen molar-refractivity contribution in [2.45, 2.75) is 38.3 Å². The second kappa shape index (κ2) is 7.79. The maximum absolute atomic E-state index is 11.9. The van der Waals surface area contributed by atoms with Crippen LogP contribution in [0.2, 0.25) is 0 Å². The van der Waals surface area contributed by atoms with E-state index >= 15 is 0 Å². The molecule has 1 aromatic carbocycles. The van der Waals surface area contributed by atoms with Gasteiger partial charge in [0.25, 0.3) is 0 Å². The number of rotatable bonds is 6. The highest BCUT2D eigenvalue weighted by molar-refractivity contribution is 5.93. The molecule has 2 amide bonds. The zero-order valence-electron chi connectivity index (χ0n) is 12.8. The van der Waals surface area contributed by atoms with Crippen LogP contribution in [0.5, 0.6) is 5.75 Å². The van der Waals surface area contributed by atoms with Crippen molar-refractivity contribution in [3.8, 4) is 5.75 Å². The molecule has 1 saturated heterocycles. The van der Waals surface area contributed by atoms with E-state index < -0.39 is 5.91 Å². The predicted octanol–water partition coefficient (Wildman–Crippen LogP) is 0.811. The van der Waals surface area contributed by atoms with E-state index in [-0.39, 0.29) is 25.0 Å². The van der Waals surface area contributed by atoms with Gasteiger partial charge in [-0.1, -0.05) is 6.07 Å². The number of carbonyl (C=O) groups is 2. The number of hydrogen-bond donors (Lipinski definition) is 3. The summed E-state index contributed by atoms with van der Waals surface area (Å²) >= 11 is 0. The molecular weight excluding hydrogens is 282 g/mol. The van der Waals surface area contributed by atoms with Gasteiger partial charge in [-0.2, -0.15) is 0 Å². The third-order valence-corrected chi connectivity index (χ3v) is 3.82. The van der Waals surface area contributed by atoms with Gasteiger partial charge in [-0.25, -0.2) is 0 Å². The molecule has 120 valence electrons. The van der Waals surface area contributed by atoms with E-state index in [2.05, 4.69) is 17.6 Å². The van der Waals surface area contributed by atoms with Gasteiger partial charge >= 0.3 is 0 Å². The van der Waals surface area contributed by atoms with Crippen LogP contribution in [0.25, 0.3) is 0 Å². The third-order valence-electron chi connectivity index (χ3n) is 3.82. The van der Waals surface area contributed by atoms with Crippen LogP contribution in [-0.4, -0.2) is 37.0 Å². The summed E-state index contributed by atoms with van der Waals surface area (Å²) in [5.74, 6) is 0.0189. The van der Waals surface area contributed by atoms with Crippen molar-refractivity contribution in [3.63, 3.8) is 0 Å². The van der Waals surface area contributed by atoms with Crippen molar-refractivity contribution in [1.29, 1.82) is 0 Å². The highest BCUT2D eigenvalue weighted by Crippen LogP contribution is 2.13. The highest BCUT2D eigenvalue weighted by atomic mass is 16.5. The summed E-state index contributed by atoms with van der Waals surface area (Å²) in [4.78, 5) is 23.0. The van der Waals surface area contributed by atoms with E-state index in [0.29, 0.717) is 17.4 Å². The third kappa shape index (κ3) is 4.73. The Morgan fingerprint density at radius 1 is 1.45 bits per heavy atom. The van der Waals surface area contributed by atoms with Gasteiger partial charge in [0, 0.05) is 17.6 Å². The Morgan fingerprint density at radius 3 is 3.00 bits per heavy atom. The van der Waals surface area contributed by atoms with E-state index in [1.807, 2.05) is 0 Å². The second-order valence-electron chi connectivity index (χ2n) is 5.55. The van der Waals surface area contributed by atoms with Crippen molar-refractivity contribution in [2.75, 3.05) is 13.2 Å². The second-order valence-corrected chi connectivity index (χ2v) is 5.55. The molecular formula is C16H23N3O3. The Morgan fingerprint density at radius 2 is 2.27 bits per heavy atom. The van der Waals surface area contributed by atoms with Crippen LogP contribution < -0.4 is 21.1 Å². The van der Waals surface area contributed by atoms with Crippen LogP contribution in [0.4, 0.5) is 0 Å². The summed E-state index contributed by atoms with van der Waals surface area (Å²) in [6.45, 7) is 3.35. The summed E-state index contributed by atoms with van der Waals surface area (Å²) < 4.78 is 5.50. The quantitative estimate of drug-likeness (QED) is 0.725. The van der Waals surface area contributed by atoms with Crippen molar-refractivity contribution >= 4 is 11.8 Å². The van der Waals surface area contributed by atoms with Gasteiger partial charge in [0.05, 0.1) is 13.0 Å². The van der Waals surface area contributed by atoms with Crippen LogP contribution in [0, 0.1) is 0 Å². The maximum Gasteiger partial charge on any atom is 0.248 e. The molecule has 22 heavy (non-hydrogen) atoms. The Balaban J connectivity index is 1.75. The highest BCUT2D eigenvalue weighted by Gasteiger charge is 2.22. The lowest BCUT2D eigenvalue weighted by atomic mass is 10.00. The molecule has 1 heterocycles. The van der Waals surface area contributed by atoms with E-state index in [1.54, 1.807) is 24.3 Å². The molecule has 2 unspecified atom stereocenters. The molecule has 0 radical (unpaired) electrons. The van der Waals surface area contributed by atoms with Gasteiger partial charge < -0.3 is 21.1 Å². The molecule has 0 bridgehead atoms. The Kier molecular flexibility index (Phi) is 5.77. The molecule has 6 nitrogen and oxygen atoms in total. The molecule has 0 saturated carbocycles. The van der Waals surface area contributed by atoms with E-state index in [1.165, 1.54) is 0 Å². The largest absolute Gasteiger partial charge is 0.493 e. The number of ether oxygens (including phenoxy) is 1. The van der Waals surface area contributed by atoms with Gasteiger partial charge in [0.1, 0.15) is 5.75 Å². The monoisotopic (exact) mass is 305 g/mol. The maximum atomic E-state index is 11.9. The van der Waals surface area contributed by atoms with Gasteiger partial charge in [0.15, 0.2) is 0 Å². The Bertz CT molecular complexity index is 533. The zero-order valence-corrected chi connectivity index (χ0v) is 12.8. The van der Waals surface area contributed by atoms with Crippen molar-refractivity contribution in [3.05, 3.63) is 29.8 Å². The Labute approximate surface area is 130 Å².